The molecule has 0 aliphatic carbocycles. The number of aromatic amines is 1. The van der Waals surface area contributed by atoms with Gasteiger partial charge in [-0.3, -0.25) is 9.89 Å². The number of pyridine rings is 1. The Hall–Kier alpha value is -3.11. The lowest BCUT2D eigenvalue weighted by Crippen LogP contribution is -2.16. The largest absolute Gasteiger partial charge is 0.348 e. The number of carbonyl (C=O) groups excluding carboxylic acids is 1. The molecule has 4 heterocycles. The predicted octanol–water partition coefficient (Wildman–Crippen LogP) is 3.66. The van der Waals surface area contributed by atoms with Crippen LogP contribution in [0.5, 0.6) is 0 Å². The van der Waals surface area contributed by atoms with Gasteiger partial charge < -0.3 is 4.90 Å². The molecule has 0 saturated carbocycles. The van der Waals surface area contributed by atoms with Gasteiger partial charge in [0.1, 0.15) is 4.21 Å². The zero-order valence-corrected chi connectivity index (χ0v) is 18.8. The van der Waals surface area contributed by atoms with Crippen molar-refractivity contribution in [1.82, 2.24) is 20.2 Å². The van der Waals surface area contributed by atoms with E-state index in [0.29, 0.717) is 24.1 Å². The molecule has 0 amide bonds. The maximum absolute atomic E-state index is 13.0. The first kappa shape index (κ1) is 20.8. The fraction of sp³-hybridized carbons (Fsp3) is 0.273. The van der Waals surface area contributed by atoms with Crippen LogP contribution in [0.3, 0.4) is 0 Å². The number of sulfone groups is 1. The smallest absolute Gasteiger partial charge is 0.217 e. The van der Waals surface area contributed by atoms with Gasteiger partial charge in [-0.1, -0.05) is 23.5 Å². The number of thiazole rings is 1. The van der Waals surface area contributed by atoms with Crippen LogP contribution >= 0.6 is 11.3 Å². The van der Waals surface area contributed by atoms with Gasteiger partial charge in [-0.2, -0.15) is 5.10 Å². The molecule has 1 aliphatic rings. The number of carbonyl (C=O) groups is 1. The summed E-state index contributed by atoms with van der Waals surface area (Å²) in [6.45, 7) is 1.85. The van der Waals surface area contributed by atoms with Crippen molar-refractivity contribution in [3.05, 3.63) is 60.0 Å². The Labute approximate surface area is 189 Å². The molecule has 1 N–H and O–H groups in total. The number of anilines is 1. The first-order valence-electron chi connectivity index (χ1n) is 10.4. The number of H-pyrrole nitrogens is 1. The third kappa shape index (κ3) is 4.03. The zero-order chi connectivity index (χ0) is 22.1. The number of Topliss-reactive ketones (excluding diaryl/α,β-unsaturated/α-hetero) is 1. The highest BCUT2D eigenvalue weighted by Gasteiger charge is 2.23. The Kier molecular flexibility index (Phi) is 5.48. The monoisotopic (exact) mass is 467 g/mol. The highest BCUT2D eigenvalue weighted by Crippen LogP contribution is 2.32. The van der Waals surface area contributed by atoms with Crippen LogP contribution in [0.25, 0.3) is 11.0 Å². The topological polar surface area (TPSA) is 109 Å². The number of rotatable bonds is 7. The SMILES string of the molecule is O=C(CCc1ccc(S(=O)(=O)c2cnc(N3CCCC3)s2)cc1)c1cnc2[nH]ncc2c1. The van der Waals surface area contributed by atoms with Crippen molar-refractivity contribution in [2.24, 2.45) is 0 Å². The Morgan fingerprint density at radius 1 is 1.06 bits per heavy atom. The highest BCUT2D eigenvalue weighted by atomic mass is 32.2. The molecule has 0 atom stereocenters. The normalized spacial score (nSPS) is 14.3. The lowest BCUT2D eigenvalue weighted by Gasteiger charge is -2.12. The lowest BCUT2D eigenvalue weighted by molar-refractivity contribution is 0.0982. The van der Waals surface area contributed by atoms with E-state index in [9.17, 15) is 13.2 Å². The second kappa shape index (κ2) is 8.44. The molecule has 0 spiro atoms. The van der Waals surface area contributed by atoms with Crippen molar-refractivity contribution in [2.45, 2.75) is 34.8 Å². The number of aromatic nitrogens is 4. The molecule has 0 radical (unpaired) electrons. The van der Waals surface area contributed by atoms with Gasteiger partial charge >= 0.3 is 0 Å². The number of hydrogen-bond acceptors (Lipinski definition) is 8. The molecule has 1 fully saturated rings. The van der Waals surface area contributed by atoms with Crippen LogP contribution < -0.4 is 4.90 Å². The molecule has 1 aromatic carbocycles. The Morgan fingerprint density at radius 2 is 1.84 bits per heavy atom. The van der Waals surface area contributed by atoms with Crippen molar-refractivity contribution in [3.63, 3.8) is 0 Å². The molecule has 164 valence electrons. The van der Waals surface area contributed by atoms with Crippen LogP contribution in [0.1, 0.15) is 35.2 Å². The van der Waals surface area contributed by atoms with Crippen LogP contribution in [0.4, 0.5) is 5.13 Å². The molecule has 10 heteroatoms. The third-order valence-corrected chi connectivity index (χ3v) is 8.89. The van der Waals surface area contributed by atoms with E-state index in [0.717, 1.165) is 42.0 Å². The summed E-state index contributed by atoms with van der Waals surface area (Å²) in [6, 6.07) is 8.50. The summed E-state index contributed by atoms with van der Waals surface area (Å²) in [4.78, 5) is 23.4. The van der Waals surface area contributed by atoms with Crippen LogP contribution in [0.2, 0.25) is 0 Å². The first-order chi connectivity index (χ1) is 15.5. The van der Waals surface area contributed by atoms with Crippen LogP contribution in [-0.2, 0) is 16.3 Å². The number of nitrogens with one attached hydrogen (secondary N) is 1. The molecule has 1 saturated heterocycles. The zero-order valence-electron chi connectivity index (χ0n) is 17.2. The summed E-state index contributed by atoms with van der Waals surface area (Å²) in [5.74, 6) is -0.0172. The average Bonchev–Trinajstić information content (AvgIpc) is 3.58. The summed E-state index contributed by atoms with van der Waals surface area (Å²) >= 11 is 1.22. The van der Waals surface area contributed by atoms with Crippen molar-refractivity contribution in [3.8, 4) is 0 Å². The van der Waals surface area contributed by atoms with Gasteiger partial charge in [-0.25, -0.2) is 18.4 Å². The lowest BCUT2D eigenvalue weighted by atomic mass is 10.0. The third-order valence-electron chi connectivity index (χ3n) is 5.60. The van der Waals surface area contributed by atoms with Gasteiger partial charge in [-0.15, -0.1) is 0 Å². The van der Waals surface area contributed by atoms with Crippen LogP contribution in [0, 0.1) is 0 Å². The summed E-state index contributed by atoms with van der Waals surface area (Å²) < 4.78 is 26.2. The van der Waals surface area contributed by atoms with Crippen molar-refractivity contribution >= 4 is 43.1 Å². The maximum atomic E-state index is 13.0. The van der Waals surface area contributed by atoms with E-state index < -0.39 is 9.84 Å². The van der Waals surface area contributed by atoms with Gasteiger partial charge in [0.05, 0.1) is 17.3 Å². The second-order valence-corrected chi connectivity index (χ2v) is 10.9. The standard InChI is InChI=1S/C22H21N5O3S2/c28-19(16-11-17-13-25-26-21(17)23-12-16)8-5-15-3-6-18(7-4-15)32(29,30)20-14-24-22(31-20)27-9-1-2-10-27/h3-4,6-7,11-14H,1-2,5,8-10H2,(H,23,25,26). The number of fused-ring (bicyclic) bond motifs is 1. The molecule has 8 nitrogen and oxygen atoms in total. The fourth-order valence-electron chi connectivity index (χ4n) is 3.77. The quantitative estimate of drug-likeness (QED) is 0.413. The summed E-state index contributed by atoms with van der Waals surface area (Å²) in [5, 5.41) is 8.23. The molecule has 0 bridgehead atoms. The molecule has 5 rings (SSSR count). The molecular weight excluding hydrogens is 446 g/mol. The summed E-state index contributed by atoms with van der Waals surface area (Å²) in [6.07, 6.45) is 7.68. The number of benzene rings is 1. The molecule has 32 heavy (non-hydrogen) atoms. The van der Waals surface area contributed by atoms with E-state index in [1.807, 2.05) is 0 Å². The fourth-order valence-corrected chi connectivity index (χ4v) is 6.34. The van der Waals surface area contributed by atoms with E-state index in [2.05, 4.69) is 25.1 Å². The molecular formula is C22H21N5O3S2. The molecule has 0 unspecified atom stereocenters. The van der Waals surface area contributed by atoms with Gasteiger partial charge in [0, 0.05) is 36.7 Å². The first-order valence-corrected chi connectivity index (χ1v) is 12.7. The van der Waals surface area contributed by atoms with Gasteiger partial charge in [0.15, 0.2) is 16.6 Å². The van der Waals surface area contributed by atoms with Crippen LogP contribution in [0.15, 0.2) is 58.0 Å². The minimum Gasteiger partial charge on any atom is -0.348 e. The number of nitrogens with zero attached hydrogens (tertiary/aromatic N) is 4. The van der Waals surface area contributed by atoms with E-state index in [1.165, 1.54) is 17.5 Å². The summed E-state index contributed by atoms with van der Waals surface area (Å²) in [5.41, 5.74) is 2.08. The minimum atomic E-state index is -3.61. The predicted molar refractivity (Wildman–Crippen MR) is 122 cm³/mol. The Bertz CT molecular complexity index is 1370. The molecule has 1 aliphatic heterocycles. The average molecular weight is 468 g/mol. The number of aryl methyl sites for hydroxylation is 1. The van der Waals surface area contributed by atoms with E-state index in [4.69, 9.17) is 0 Å². The molecule has 3 aromatic heterocycles. The minimum absolute atomic E-state index is 0.0172. The molecule has 4 aromatic rings. The second-order valence-electron chi connectivity index (χ2n) is 7.76. The van der Waals surface area contributed by atoms with E-state index in [1.54, 1.807) is 42.7 Å². The van der Waals surface area contributed by atoms with Gasteiger partial charge in [-0.05, 0) is 43.0 Å². The number of hydrogen-bond donors (Lipinski definition) is 1. The van der Waals surface area contributed by atoms with Crippen molar-refractivity contribution < 1.29 is 13.2 Å². The highest BCUT2D eigenvalue weighted by molar-refractivity contribution is 7.93. The Balaban J connectivity index is 1.25. The van der Waals surface area contributed by atoms with Gasteiger partial charge in [0.2, 0.25) is 9.84 Å². The number of ketones is 1. The maximum Gasteiger partial charge on any atom is 0.217 e. The summed E-state index contributed by atoms with van der Waals surface area (Å²) in [7, 11) is -3.61. The van der Waals surface area contributed by atoms with Crippen molar-refractivity contribution in [1.29, 1.82) is 0 Å². The van der Waals surface area contributed by atoms with Crippen LogP contribution in [-0.4, -0.2) is 47.5 Å². The van der Waals surface area contributed by atoms with E-state index >= 15 is 0 Å². The van der Waals surface area contributed by atoms with Gasteiger partial charge in [0.25, 0.3) is 0 Å². The Morgan fingerprint density at radius 3 is 2.62 bits per heavy atom. The van der Waals surface area contributed by atoms with Crippen molar-refractivity contribution in [2.75, 3.05) is 18.0 Å². The van der Waals surface area contributed by atoms with E-state index in [-0.39, 0.29) is 14.9 Å².